The van der Waals surface area contributed by atoms with Crippen LogP contribution in [-0.2, 0) is 0 Å². The van der Waals surface area contributed by atoms with E-state index in [2.05, 4.69) is 217 Å². The van der Waals surface area contributed by atoms with Crippen LogP contribution in [0.1, 0.15) is 11.5 Å². The number of anilines is 3. The lowest BCUT2D eigenvalue weighted by Gasteiger charge is -2.31. The van der Waals surface area contributed by atoms with Crippen molar-refractivity contribution in [1.82, 2.24) is 0 Å². The standard InChI is InChI=1S/C52H37NS/c1-3-16-36(17-4-1)41-22-9-10-24-45(41)51-43(38-18-5-2-6-19-38)26-14-29-48(51)53(47-28-13-21-37-20-7-8-23-42(37)47)40-34-32-39(33-35-40)44-27-15-31-50-52(44)46-25-11-12-30-49(46)54-50/h1-35,46,49H. The van der Waals surface area contributed by atoms with Crippen molar-refractivity contribution < 1.29 is 0 Å². The Hall–Kier alpha value is -6.35. The maximum absolute atomic E-state index is 2.48. The highest BCUT2D eigenvalue weighted by molar-refractivity contribution is 8.00. The van der Waals surface area contributed by atoms with Crippen molar-refractivity contribution >= 4 is 39.6 Å². The molecule has 10 rings (SSSR count). The first kappa shape index (κ1) is 32.3. The fourth-order valence-corrected chi connectivity index (χ4v) is 9.75. The summed E-state index contributed by atoms with van der Waals surface area (Å²) < 4.78 is 0. The summed E-state index contributed by atoms with van der Waals surface area (Å²) in [4.78, 5) is 3.87. The topological polar surface area (TPSA) is 3.24 Å². The van der Waals surface area contributed by atoms with Gasteiger partial charge >= 0.3 is 0 Å². The molecule has 0 radical (unpaired) electrons. The smallest absolute Gasteiger partial charge is 0.0546 e. The Morgan fingerprint density at radius 2 is 0.981 bits per heavy atom. The van der Waals surface area contributed by atoms with Crippen molar-refractivity contribution in [1.29, 1.82) is 0 Å². The molecule has 0 aromatic heterocycles. The predicted molar refractivity (Wildman–Crippen MR) is 231 cm³/mol. The lowest BCUT2D eigenvalue weighted by atomic mass is 9.86. The molecule has 0 bridgehead atoms. The number of benzene rings is 8. The highest BCUT2D eigenvalue weighted by Gasteiger charge is 2.33. The molecule has 2 aliphatic rings. The summed E-state index contributed by atoms with van der Waals surface area (Å²) >= 11 is 1.98. The molecule has 1 heterocycles. The van der Waals surface area contributed by atoms with E-state index >= 15 is 0 Å². The molecule has 0 amide bonds. The van der Waals surface area contributed by atoms with Crippen molar-refractivity contribution in [3.63, 3.8) is 0 Å². The quantitative estimate of drug-likeness (QED) is 0.162. The van der Waals surface area contributed by atoms with Gasteiger partial charge in [0.15, 0.2) is 0 Å². The van der Waals surface area contributed by atoms with E-state index in [9.17, 15) is 0 Å². The summed E-state index contributed by atoms with van der Waals surface area (Å²) in [5.41, 5.74) is 14.6. The van der Waals surface area contributed by atoms with Crippen LogP contribution in [0.15, 0.2) is 217 Å². The van der Waals surface area contributed by atoms with E-state index in [1.54, 1.807) is 0 Å². The van der Waals surface area contributed by atoms with Crippen molar-refractivity contribution in [2.75, 3.05) is 4.90 Å². The van der Waals surface area contributed by atoms with Crippen LogP contribution in [0.3, 0.4) is 0 Å². The Labute approximate surface area is 321 Å². The highest BCUT2D eigenvalue weighted by atomic mass is 32.2. The van der Waals surface area contributed by atoms with Crippen LogP contribution in [-0.4, -0.2) is 5.25 Å². The van der Waals surface area contributed by atoms with E-state index in [0.717, 1.165) is 17.1 Å². The molecule has 1 nitrogen and oxygen atoms in total. The molecule has 1 aliphatic heterocycles. The van der Waals surface area contributed by atoms with Gasteiger partial charge in [-0.3, -0.25) is 0 Å². The molecule has 0 saturated heterocycles. The SMILES string of the molecule is C1=CC2Sc3cccc(-c4ccc(N(c5cccc(-c6ccccc6)c5-c5ccccc5-c5ccccc5)c5cccc6ccccc56)cc4)c3C2C=C1. The minimum Gasteiger partial charge on any atom is -0.309 e. The first-order valence-corrected chi connectivity index (χ1v) is 19.6. The minimum absolute atomic E-state index is 0.394. The molecule has 8 aromatic carbocycles. The van der Waals surface area contributed by atoms with Crippen LogP contribution in [0.2, 0.25) is 0 Å². The zero-order valence-electron chi connectivity index (χ0n) is 29.7. The van der Waals surface area contributed by atoms with E-state index in [1.165, 1.54) is 65.7 Å². The van der Waals surface area contributed by atoms with Gasteiger partial charge in [-0.05, 0) is 80.2 Å². The van der Waals surface area contributed by atoms with Gasteiger partial charge in [-0.2, -0.15) is 0 Å². The molecule has 2 heteroatoms. The van der Waals surface area contributed by atoms with Crippen LogP contribution in [0.25, 0.3) is 55.3 Å². The lowest BCUT2D eigenvalue weighted by Crippen LogP contribution is -2.12. The van der Waals surface area contributed by atoms with Crippen LogP contribution in [0.5, 0.6) is 0 Å². The number of fused-ring (bicyclic) bond motifs is 4. The van der Waals surface area contributed by atoms with Crippen molar-refractivity contribution in [2.24, 2.45) is 0 Å². The second-order valence-corrected chi connectivity index (χ2v) is 15.2. The Kier molecular flexibility index (Phi) is 8.31. The van der Waals surface area contributed by atoms with Crippen LogP contribution in [0, 0.1) is 0 Å². The number of hydrogen-bond donors (Lipinski definition) is 0. The average molecular weight is 708 g/mol. The Balaban J connectivity index is 1.21. The van der Waals surface area contributed by atoms with Crippen LogP contribution >= 0.6 is 11.8 Å². The molecular formula is C52H37NS. The van der Waals surface area contributed by atoms with Gasteiger partial charge in [-0.1, -0.05) is 182 Å². The third-order valence-electron chi connectivity index (χ3n) is 10.8. The van der Waals surface area contributed by atoms with Gasteiger partial charge in [0, 0.05) is 32.7 Å². The Morgan fingerprint density at radius 3 is 1.80 bits per heavy atom. The number of rotatable bonds is 7. The molecule has 0 saturated carbocycles. The maximum Gasteiger partial charge on any atom is 0.0546 e. The number of hydrogen-bond acceptors (Lipinski definition) is 2. The molecule has 2 atom stereocenters. The van der Waals surface area contributed by atoms with Gasteiger partial charge < -0.3 is 4.90 Å². The fraction of sp³-hybridized carbons (Fsp3) is 0.0385. The minimum atomic E-state index is 0.394. The average Bonchev–Trinajstić information content (AvgIpc) is 3.64. The highest BCUT2D eigenvalue weighted by Crippen LogP contribution is 2.52. The van der Waals surface area contributed by atoms with E-state index in [4.69, 9.17) is 0 Å². The Morgan fingerprint density at radius 1 is 0.407 bits per heavy atom. The number of thioether (sulfide) groups is 1. The summed E-state index contributed by atoms with van der Waals surface area (Å²) in [6.07, 6.45) is 9.12. The second-order valence-electron chi connectivity index (χ2n) is 14.0. The molecule has 0 fully saturated rings. The third-order valence-corrected chi connectivity index (χ3v) is 12.2. The third kappa shape index (κ3) is 5.67. The largest absolute Gasteiger partial charge is 0.309 e. The van der Waals surface area contributed by atoms with E-state index < -0.39 is 0 Å². The molecule has 2 unspecified atom stereocenters. The van der Waals surface area contributed by atoms with Crippen molar-refractivity contribution in [3.8, 4) is 44.5 Å². The van der Waals surface area contributed by atoms with Gasteiger partial charge in [0.25, 0.3) is 0 Å². The molecule has 1 aliphatic carbocycles. The molecule has 8 aromatic rings. The molecular weight excluding hydrogens is 671 g/mol. The van der Waals surface area contributed by atoms with Crippen LogP contribution < -0.4 is 4.90 Å². The predicted octanol–water partition coefficient (Wildman–Crippen LogP) is 14.7. The lowest BCUT2D eigenvalue weighted by molar-refractivity contribution is 0.883. The molecule has 256 valence electrons. The monoisotopic (exact) mass is 707 g/mol. The van der Waals surface area contributed by atoms with E-state index in [-0.39, 0.29) is 0 Å². The summed E-state index contributed by atoms with van der Waals surface area (Å²) in [7, 11) is 0. The van der Waals surface area contributed by atoms with Gasteiger partial charge in [0.05, 0.1) is 11.4 Å². The molecule has 0 spiro atoms. The zero-order chi connectivity index (χ0) is 35.8. The van der Waals surface area contributed by atoms with Gasteiger partial charge in [0.2, 0.25) is 0 Å². The van der Waals surface area contributed by atoms with Gasteiger partial charge in [0.1, 0.15) is 0 Å². The molecule has 54 heavy (non-hydrogen) atoms. The zero-order valence-corrected chi connectivity index (χ0v) is 30.5. The fourth-order valence-electron chi connectivity index (χ4n) is 8.39. The first-order chi connectivity index (χ1) is 26.8. The second kappa shape index (κ2) is 13.9. The van der Waals surface area contributed by atoms with Crippen molar-refractivity contribution in [3.05, 3.63) is 218 Å². The van der Waals surface area contributed by atoms with E-state index in [0.29, 0.717) is 11.2 Å². The maximum atomic E-state index is 2.48. The number of nitrogens with zero attached hydrogens (tertiary/aromatic N) is 1. The van der Waals surface area contributed by atoms with Crippen molar-refractivity contribution in [2.45, 2.75) is 16.1 Å². The summed E-state index contributed by atoms with van der Waals surface area (Å²) in [6, 6.07) is 68.7. The number of allylic oxidation sites excluding steroid dienone is 3. The summed E-state index contributed by atoms with van der Waals surface area (Å²) in [6.45, 7) is 0. The first-order valence-electron chi connectivity index (χ1n) is 18.7. The molecule has 0 N–H and O–H groups in total. The Bertz CT molecular complexity index is 2690. The normalized spacial score (nSPS) is 15.6. The van der Waals surface area contributed by atoms with Gasteiger partial charge in [-0.15, -0.1) is 11.8 Å². The van der Waals surface area contributed by atoms with E-state index in [1.807, 2.05) is 11.8 Å². The van der Waals surface area contributed by atoms with Crippen LogP contribution in [0.4, 0.5) is 17.1 Å². The summed E-state index contributed by atoms with van der Waals surface area (Å²) in [5.74, 6) is 0.394. The van der Waals surface area contributed by atoms with Gasteiger partial charge in [-0.25, -0.2) is 0 Å². The summed E-state index contributed by atoms with van der Waals surface area (Å²) in [5, 5.41) is 2.88.